The van der Waals surface area contributed by atoms with Crippen LogP contribution in [-0.2, 0) is 6.42 Å². The molecule has 0 saturated heterocycles. The van der Waals surface area contributed by atoms with Crippen LogP contribution in [-0.4, -0.2) is 17.7 Å². The molecule has 2 nitrogen and oxygen atoms in total. The molecule has 1 fully saturated rings. The lowest BCUT2D eigenvalue weighted by Gasteiger charge is -2.33. The second kappa shape index (κ2) is 6.24. The highest BCUT2D eigenvalue weighted by Gasteiger charge is 2.24. The van der Waals surface area contributed by atoms with Crippen molar-refractivity contribution in [2.24, 2.45) is 11.8 Å². The third kappa shape index (κ3) is 3.74. The van der Waals surface area contributed by atoms with Gasteiger partial charge >= 0.3 is 0 Å². The zero-order valence-electron chi connectivity index (χ0n) is 11.5. The Kier molecular flexibility index (Phi) is 4.65. The number of nitrogens with one attached hydrogen (secondary N) is 1. The molecule has 3 atom stereocenters. The van der Waals surface area contributed by atoms with Crippen molar-refractivity contribution in [1.29, 1.82) is 0 Å². The fourth-order valence-electron chi connectivity index (χ4n) is 2.88. The summed E-state index contributed by atoms with van der Waals surface area (Å²) in [5.41, 5.74) is 1.29. The van der Waals surface area contributed by atoms with Crippen molar-refractivity contribution in [3.8, 4) is 5.75 Å². The summed E-state index contributed by atoms with van der Waals surface area (Å²) in [6, 6.07) is 8.22. The number of phenols is 1. The van der Waals surface area contributed by atoms with Gasteiger partial charge in [-0.25, -0.2) is 0 Å². The maximum atomic E-state index is 9.23. The van der Waals surface area contributed by atoms with Gasteiger partial charge in [-0.15, -0.1) is 0 Å². The summed E-state index contributed by atoms with van der Waals surface area (Å²) in [6.07, 6.45) is 5.10. The summed E-state index contributed by atoms with van der Waals surface area (Å²) in [7, 11) is 0. The van der Waals surface area contributed by atoms with Crippen molar-refractivity contribution in [1.82, 2.24) is 5.32 Å². The first-order valence-electron chi connectivity index (χ1n) is 7.16. The molecule has 3 unspecified atom stereocenters. The predicted octanol–water partition coefficient (Wildman–Crippen LogP) is 3.35. The average Bonchev–Trinajstić information content (AvgIpc) is 2.36. The van der Waals surface area contributed by atoms with Gasteiger partial charge in [0, 0.05) is 6.04 Å². The molecule has 1 aliphatic carbocycles. The summed E-state index contributed by atoms with van der Waals surface area (Å²) in [4.78, 5) is 0. The second-order valence-electron chi connectivity index (χ2n) is 5.87. The van der Waals surface area contributed by atoms with Crippen LogP contribution in [0, 0.1) is 11.8 Å². The van der Waals surface area contributed by atoms with Crippen LogP contribution in [0.1, 0.15) is 38.7 Å². The van der Waals surface area contributed by atoms with E-state index in [0.717, 1.165) is 24.8 Å². The fraction of sp³-hybridized carbons (Fsp3) is 0.625. The minimum atomic E-state index is 0.349. The number of rotatable bonds is 4. The molecule has 18 heavy (non-hydrogen) atoms. The Balaban J connectivity index is 1.76. The quantitative estimate of drug-likeness (QED) is 0.855. The Morgan fingerprint density at radius 1 is 1.17 bits per heavy atom. The van der Waals surface area contributed by atoms with Crippen molar-refractivity contribution >= 4 is 0 Å². The van der Waals surface area contributed by atoms with Gasteiger partial charge in [-0.05, 0) is 55.3 Å². The monoisotopic (exact) mass is 247 g/mol. The molecular weight excluding hydrogens is 222 g/mol. The van der Waals surface area contributed by atoms with Crippen molar-refractivity contribution in [3.05, 3.63) is 29.8 Å². The number of benzene rings is 1. The fourth-order valence-corrected chi connectivity index (χ4v) is 2.88. The molecule has 2 heteroatoms. The van der Waals surface area contributed by atoms with Crippen LogP contribution in [0.3, 0.4) is 0 Å². The Bertz CT molecular complexity index is 360. The van der Waals surface area contributed by atoms with Crippen LogP contribution >= 0.6 is 0 Å². The third-order valence-corrected chi connectivity index (χ3v) is 4.21. The molecule has 0 spiro atoms. The van der Waals surface area contributed by atoms with Gasteiger partial charge in [-0.1, -0.05) is 32.4 Å². The first-order chi connectivity index (χ1) is 8.65. The van der Waals surface area contributed by atoms with Gasteiger partial charge in [0.1, 0.15) is 5.75 Å². The van der Waals surface area contributed by atoms with E-state index in [1.807, 2.05) is 12.1 Å². The van der Waals surface area contributed by atoms with Crippen LogP contribution in [0.15, 0.2) is 24.3 Å². The Hall–Kier alpha value is -1.02. The van der Waals surface area contributed by atoms with E-state index in [9.17, 15) is 5.11 Å². The van der Waals surface area contributed by atoms with E-state index in [1.54, 1.807) is 12.1 Å². The summed E-state index contributed by atoms with van der Waals surface area (Å²) in [5.74, 6) is 2.02. The molecule has 0 aliphatic heterocycles. The average molecular weight is 247 g/mol. The lowest BCUT2D eigenvalue weighted by molar-refractivity contribution is 0.230. The molecule has 1 aromatic carbocycles. The maximum Gasteiger partial charge on any atom is 0.115 e. The molecule has 1 aliphatic rings. The minimum absolute atomic E-state index is 0.349. The molecule has 2 rings (SSSR count). The van der Waals surface area contributed by atoms with Gasteiger partial charge in [0.15, 0.2) is 0 Å². The number of aromatic hydroxyl groups is 1. The first kappa shape index (κ1) is 13.4. The second-order valence-corrected chi connectivity index (χ2v) is 5.87. The minimum Gasteiger partial charge on any atom is -0.508 e. The van der Waals surface area contributed by atoms with E-state index in [2.05, 4.69) is 19.2 Å². The molecule has 0 aromatic heterocycles. The Labute approximate surface area is 110 Å². The molecule has 100 valence electrons. The number of hydrogen-bond donors (Lipinski definition) is 2. The van der Waals surface area contributed by atoms with E-state index < -0.39 is 0 Å². The summed E-state index contributed by atoms with van der Waals surface area (Å²) in [5, 5.41) is 12.9. The highest BCUT2D eigenvalue weighted by Crippen LogP contribution is 2.28. The highest BCUT2D eigenvalue weighted by atomic mass is 16.3. The van der Waals surface area contributed by atoms with Crippen LogP contribution in [0.4, 0.5) is 0 Å². The van der Waals surface area contributed by atoms with Crippen molar-refractivity contribution in [3.63, 3.8) is 0 Å². The van der Waals surface area contributed by atoms with Crippen LogP contribution in [0.5, 0.6) is 5.75 Å². The van der Waals surface area contributed by atoms with Crippen LogP contribution in [0.2, 0.25) is 0 Å². The van der Waals surface area contributed by atoms with E-state index in [-0.39, 0.29) is 0 Å². The maximum absolute atomic E-state index is 9.23. The van der Waals surface area contributed by atoms with E-state index >= 15 is 0 Å². The van der Waals surface area contributed by atoms with Crippen molar-refractivity contribution in [2.75, 3.05) is 6.54 Å². The molecule has 1 aromatic rings. The smallest absolute Gasteiger partial charge is 0.115 e. The molecule has 2 N–H and O–H groups in total. The lowest BCUT2D eigenvalue weighted by Crippen LogP contribution is -2.40. The van der Waals surface area contributed by atoms with E-state index in [0.29, 0.717) is 11.8 Å². The van der Waals surface area contributed by atoms with Gasteiger partial charge in [-0.3, -0.25) is 0 Å². The Morgan fingerprint density at radius 3 is 2.61 bits per heavy atom. The van der Waals surface area contributed by atoms with Crippen LogP contribution < -0.4 is 5.32 Å². The molecule has 0 heterocycles. The largest absolute Gasteiger partial charge is 0.508 e. The normalized spacial score (nSPS) is 28.2. The molecule has 0 radical (unpaired) electrons. The molecule has 0 amide bonds. The number of hydrogen-bond acceptors (Lipinski definition) is 2. The standard InChI is InChI=1S/C16H25NO/c1-12-3-4-13(2)16(11-12)17-10-9-14-5-7-15(18)8-6-14/h5-8,12-13,16-18H,3-4,9-11H2,1-2H3. The van der Waals surface area contributed by atoms with E-state index in [1.165, 1.54) is 24.8 Å². The van der Waals surface area contributed by atoms with Gasteiger partial charge in [0.05, 0.1) is 0 Å². The topological polar surface area (TPSA) is 32.3 Å². The first-order valence-corrected chi connectivity index (χ1v) is 7.16. The summed E-state index contributed by atoms with van der Waals surface area (Å²) >= 11 is 0. The summed E-state index contributed by atoms with van der Waals surface area (Å²) in [6.45, 7) is 5.76. The van der Waals surface area contributed by atoms with E-state index in [4.69, 9.17) is 0 Å². The van der Waals surface area contributed by atoms with Crippen LogP contribution in [0.25, 0.3) is 0 Å². The lowest BCUT2D eigenvalue weighted by atomic mass is 9.80. The SMILES string of the molecule is CC1CCC(C)C(NCCc2ccc(O)cc2)C1. The molecule has 1 saturated carbocycles. The molecule has 0 bridgehead atoms. The zero-order chi connectivity index (χ0) is 13.0. The van der Waals surface area contributed by atoms with Gasteiger partial charge in [0.25, 0.3) is 0 Å². The predicted molar refractivity (Wildman–Crippen MR) is 75.8 cm³/mol. The number of phenolic OH excluding ortho intramolecular Hbond substituents is 1. The highest BCUT2D eigenvalue weighted by molar-refractivity contribution is 5.25. The molecular formula is C16H25NO. The Morgan fingerprint density at radius 2 is 1.89 bits per heavy atom. The van der Waals surface area contributed by atoms with Crippen molar-refractivity contribution in [2.45, 2.75) is 45.6 Å². The van der Waals surface area contributed by atoms with Crippen molar-refractivity contribution < 1.29 is 5.11 Å². The van der Waals surface area contributed by atoms with Gasteiger partial charge in [-0.2, -0.15) is 0 Å². The van der Waals surface area contributed by atoms with Gasteiger partial charge < -0.3 is 10.4 Å². The third-order valence-electron chi connectivity index (χ3n) is 4.21. The zero-order valence-corrected chi connectivity index (χ0v) is 11.5. The summed E-state index contributed by atoms with van der Waals surface area (Å²) < 4.78 is 0. The van der Waals surface area contributed by atoms with Gasteiger partial charge in [0.2, 0.25) is 0 Å².